The zero-order valence-electron chi connectivity index (χ0n) is 60.0. The van der Waals surface area contributed by atoms with Gasteiger partial charge in [-0.15, -0.1) is 0 Å². The van der Waals surface area contributed by atoms with E-state index in [4.69, 9.17) is 33.2 Å². The van der Waals surface area contributed by atoms with E-state index in [9.17, 15) is 70.2 Å². The van der Waals surface area contributed by atoms with Crippen molar-refractivity contribution in [3.05, 3.63) is 211 Å². The molecule has 0 radical (unpaired) electrons. The van der Waals surface area contributed by atoms with E-state index >= 15 is 0 Å². The molecule has 24 nitrogen and oxygen atoms in total. The summed E-state index contributed by atoms with van der Waals surface area (Å²) in [4.78, 5) is 54.0. The summed E-state index contributed by atoms with van der Waals surface area (Å²) in [7, 11) is 0. The predicted octanol–water partition coefficient (Wildman–Crippen LogP) is 6.99. The zero-order chi connectivity index (χ0) is 75.7. The van der Waals surface area contributed by atoms with Crippen molar-refractivity contribution in [3.8, 4) is 11.1 Å². The number of benzene rings is 3. The lowest BCUT2D eigenvalue weighted by molar-refractivity contribution is -0.307. The summed E-state index contributed by atoms with van der Waals surface area (Å²) in [5.41, 5.74) is 7.73. The topological polar surface area (TPSA) is 371 Å². The van der Waals surface area contributed by atoms with Gasteiger partial charge in [-0.3, -0.25) is 9.59 Å². The highest BCUT2D eigenvalue weighted by Gasteiger charge is 2.51. The Labute approximate surface area is 614 Å². The van der Waals surface area contributed by atoms with Crippen molar-refractivity contribution in [1.82, 2.24) is 16.0 Å². The largest absolute Gasteiger partial charge is 0.462 e. The van der Waals surface area contributed by atoms with Crippen LogP contribution in [0.4, 0.5) is 9.59 Å². The second-order valence-electron chi connectivity index (χ2n) is 27.5. The van der Waals surface area contributed by atoms with Gasteiger partial charge in [0.1, 0.15) is 31.5 Å². The first-order valence-corrected chi connectivity index (χ1v) is 36.1. The number of fused-ring (bicyclic) bond motifs is 6. The minimum Gasteiger partial charge on any atom is -0.462 e. The highest BCUT2D eigenvalue weighted by atomic mass is 16.7. The molecule has 20 unspecified atom stereocenters. The molecular weight excluding hydrogens is 1350 g/mol. The summed E-state index contributed by atoms with van der Waals surface area (Å²) < 4.78 is 41.7. The molecule has 0 spiro atoms. The maximum absolute atomic E-state index is 14.5. The van der Waals surface area contributed by atoms with Crippen LogP contribution >= 0.6 is 0 Å². The molecule has 3 aromatic rings. The van der Waals surface area contributed by atoms with E-state index in [1.807, 2.05) is 85.8 Å². The van der Waals surface area contributed by atoms with Crippen LogP contribution in [0.15, 0.2) is 189 Å². The normalized spacial score (nSPS) is 31.9. The molecule has 5 aliphatic rings. The number of allylic oxidation sites excluding steroid dienone is 15. The van der Waals surface area contributed by atoms with Crippen LogP contribution in [0.2, 0.25) is 0 Å². The molecule has 105 heavy (non-hydrogen) atoms. The number of rotatable bonds is 16. The second kappa shape index (κ2) is 40.6. The van der Waals surface area contributed by atoms with Crippen LogP contribution in [0, 0.1) is 17.8 Å². The van der Waals surface area contributed by atoms with E-state index in [1.54, 1.807) is 98.9 Å². The maximum Gasteiger partial charge on any atom is 0.407 e. The molecule has 3 amide bonds. The van der Waals surface area contributed by atoms with Crippen LogP contribution in [0.3, 0.4) is 0 Å². The predicted molar refractivity (Wildman–Crippen MR) is 393 cm³/mol. The zero-order valence-corrected chi connectivity index (χ0v) is 60.0. The Morgan fingerprint density at radius 1 is 0.581 bits per heavy atom. The molecule has 24 heteroatoms. The van der Waals surface area contributed by atoms with Gasteiger partial charge in [0, 0.05) is 62.4 Å². The molecule has 2 saturated heterocycles. The number of amides is 3. The van der Waals surface area contributed by atoms with Crippen molar-refractivity contribution in [2.45, 2.75) is 188 Å². The summed E-state index contributed by atoms with van der Waals surface area (Å²) in [6.45, 7) is 14.5. The van der Waals surface area contributed by atoms with Crippen LogP contribution in [0.1, 0.15) is 113 Å². The lowest BCUT2D eigenvalue weighted by Crippen LogP contribution is -2.64. The molecule has 570 valence electrons. The minimum absolute atomic E-state index is 0.0129. The van der Waals surface area contributed by atoms with Crippen molar-refractivity contribution in [2.75, 3.05) is 39.5 Å². The van der Waals surface area contributed by atoms with Gasteiger partial charge in [-0.2, -0.15) is 0 Å². The Hall–Kier alpha value is -8.02. The average molecular weight is 1460 g/mol. The van der Waals surface area contributed by atoms with Crippen molar-refractivity contribution >= 4 is 29.6 Å². The van der Waals surface area contributed by atoms with Crippen LogP contribution in [-0.2, 0) is 42.7 Å². The van der Waals surface area contributed by atoms with Gasteiger partial charge in [0.2, 0.25) is 5.91 Å². The van der Waals surface area contributed by atoms with Gasteiger partial charge in [0.05, 0.1) is 92.6 Å². The summed E-state index contributed by atoms with van der Waals surface area (Å²) in [6.07, 6.45) is 3.47. The minimum atomic E-state index is -2.42. The standard InChI is InChI=1S/C81H105N3O21/c1-7-57-58(8-2)65(62-32-24-21-29-59(57)62)47-100-79(96)83-38-40-99-39-37-82-77(95)72-69(90)46-81(98)45-55(87)42-68(89)67(88)36-35-53(85)41-54(86)43-71(91)102-51(5)50(4)74(92)49(3)27-19-17-15-13-11-9-10-12-14-16-18-20-28-56(44-70(72)105-81)104-78-76(94)73(75(93)52(6)103-78)84-80(97)101-48-66-63-33-25-22-30-60(63)61-31-23-26-34-64(61)66/h7-34,49-56,65-70,72-76,78,85-90,92-94,98H,1-2,35-48H2,3-6H3,(H,82,95)(H,83,96)(H,84,97). The van der Waals surface area contributed by atoms with Gasteiger partial charge in [0.15, 0.2) is 12.1 Å². The Bertz CT molecular complexity index is 3580. The summed E-state index contributed by atoms with van der Waals surface area (Å²) in [5, 5.41) is 122. The Morgan fingerprint density at radius 2 is 1.14 bits per heavy atom. The highest BCUT2D eigenvalue weighted by molar-refractivity contribution is 5.86. The highest BCUT2D eigenvalue weighted by Crippen LogP contribution is 2.46. The number of carbonyl (C=O) groups excluding carboxylic acids is 4. The third-order valence-electron chi connectivity index (χ3n) is 19.8. The molecule has 2 fully saturated rings. The molecule has 8 rings (SSSR count). The number of hydrogen-bond acceptors (Lipinski definition) is 21. The molecule has 3 aliphatic heterocycles. The molecule has 2 aliphatic carbocycles. The molecule has 13 N–H and O–H groups in total. The fourth-order valence-corrected chi connectivity index (χ4v) is 14.0. The second-order valence-corrected chi connectivity index (χ2v) is 27.5. The van der Waals surface area contributed by atoms with Gasteiger partial charge in [0.25, 0.3) is 0 Å². The van der Waals surface area contributed by atoms with Gasteiger partial charge < -0.3 is 100 Å². The summed E-state index contributed by atoms with van der Waals surface area (Å²) in [6, 6.07) is 21.9. The van der Waals surface area contributed by atoms with Crippen molar-refractivity contribution in [2.24, 2.45) is 17.8 Å². The monoisotopic (exact) mass is 1460 g/mol. The number of aliphatic hydroxyl groups excluding tert-OH is 9. The number of cyclic esters (lactones) is 1. The fraction of sp³-hybridized carbons (Fsp3) is 0.481. The van der Waals surface area contributed by atoms with Crippen LogP contribution < -0.4 is 16.0 Å². The van der Waals surface area contributed by atoms with Gasteiger partial charge in [-0.05, 0) is 77.6 Å². The molecule has 0 aromatic heterocycles. The number of esters is 1. The number of hydrogen-bond donors (Lipinski definition) is 13. The third-order valence-corrected chi connectivity index (χ3v) is 19.8. The first-order valence-electron chi connectivity index (χ1n) is 36.1. The lowest BCUT2D eigenvalue weighted by Gasteiger charge is -2.46. The van der Waals surface area contributed by atoms with E-state index < -0.39 is 159 Å². The summed E-state index contributed by atoms with van der Waals surface area (Å²) >= 11 is 0. The van der Waals surface area contributed by atoms with Crippen LogP contribution in [0.5, 0.6) is 0 Å². The van der Waals surface area contributed by atoms with Gasteiger partial charge in [-0.25, -0.2) is 9.59 Å². The average Bonchev–Trinajstić information content (AvgIpc) is 1.55. The number of carbonyl (C=O) groups is 4. The molecule has 3 heterocycles. The van der Waals surface area contributed by atoms with Crippen molar-refractivity contribution < 1.29 is 103 Å². The van der Waals surface area contributed by atoms with Crippen LogP contribution in [0.25, 0.3) is 16.7 Å². The molecular formula is C81H105N3O21. The number of ether oxygens (including phenoxy) is 7. The van der Waals surface area contributed by atoms with Crippen molar-refractivity contribution in [1.29, 1.82) is 0 Å². The van der Waals surface area contributed by atoms with E-state index in [-0.39, 0.29) is 83.0 Å². The number of nitrogens with one attached hydrogen (secondary N) is 3. The first kappa shape index (κ1) is 82.6. The molecule has 0 saturated carbocycles. The SMILES string of the molecule is C=CC1=C(C=C)C(COC(=O)NCCOCCNC(=O)C2C(O)CC3(O)CC(O)CC(O)C(O)CCC(O)CC(O)CC(=O)OC(C)C(C)C(O)C(C)C=CC=CC=CC=CC=CC=CC=CC(OC4OC(C)C(O)C(NC(=O)OCC5c6ccccc6-c6ccccc65)C4O)CC2O3)c2ccccc21. The van der Waals surface area contributed by atoms with E-state index in [2.05, 4.69) is 29.1 Å². The van der Waals surface area contributed by atoms with Crippen LogP contribution in [-0.4, -0.2) is 212 Å². The van der Waals surface area contributed by atoms with E-state index in [1.165, 1.54) is 13.0 Å². The maximum atomic E-state index is 14.5. The molecule has 2 bridgehead atoms. The van der Waals surface area contributed by atoms with Gasteiger partial charge in [-0.1, -0.05) is 197 Å². The fourth-order valence-electron chi connectivity index (χ4n) is 14.0. The van der Waals surface area contributed by atoms with Gasteiger partial charge >= 0.3 is 18.2 Å². The van der Waals surface area contributed by atoms with Crippen molar-refractivity contribution in [3.63, 3.8) is 0 Å². The lowest BCUT2D eigenvalue weighted by atomic mass is 9.82. The Morgan fingerprint density at radius 3 is 1.76 bits per heavy atom. The smallest absolute Gasteiger partial charge is 0.407 e. The van der Waals surface area contributed by atoms with E-state index in [0.29, 0.717) is 0 Å². The quantitative estimate of drug-likeness (QED) is 0.0390. The first-order chi connectivity index (χ1) is 50.4. The molecule has 3 aromatic carbocycles. The number of alkyl carbamates (subject to hydrolysis) is 2. The molecule has 20 atom stereocenters. The third kappa shape index (κ3) is 23.5. The Kier molecular flexibility index (Phi) is 32.0. The number of aliphatic hydroxyl groups is 10. The van der Waals surface area contributed by atoms with E-state index in [0.717, 1.165) is 44.5 Å². The Balaban J connectivity index is 0.987. The summed E-state index contributed by atoms with van der Waals surface area (Å²) in [5.74, 6) is -6.76.